The lowest BCUT2D eigenvalue weighted by molar-refractivity contribution is 0.0697. The van der Waals surface area contributed by atoms with Crippen molar-refractivity contribution >= 4 is 16.9 Å². The Morgan fingerprint density at radius 2 is 1.92 bits per heavy atom. The van der Waals surface area contributed by atoms with Crippen LogP contribution < -0.4 is 10.2 Å². The minimum absolute atomic E-state index is 0.0391. The molecule has 0 unspecified atom stereocenters. The maximum absolute atomic E-state index is 12.4. The van der Waals surface area contributed by atoms with Crippen molar-refractivity contribution in [3.63, 3.8) is 0 Å². The molecule has 0 saturated heterocycles. The summed E-state index contributed by atoms with van der Waals surface area (Å²) in [6.45, 7) is 3.37. The summed E-state index contributed by atoms with van der Waals surface area (Å²) in [5.41, 5.74) is 0.692. The van der Waals surface area contributed by atoms with Crippen LogP contribution in [0.25, 0.3) is 22.3 Å². The van der Waals surface area contributed by atoms with Gasteiger partial charge in [0.2, 0.25) is 0 Å². The highest BCUT2D eigenvalue weighted by Crippen LogP contribution is 2.30. The zero-order valence-electron chi connectivity index (χ0n) is 14.2. The summed E-state index contributed by atoms with van der Waals surface area (Å²) in [6, 6.07) is 12.8. The van der Waals surface area contributed by atoms with Gasteiger partial charge >= 0.3 is 5.97 Å². The van der Waals surface area contributed by atoms with Gasteiger partial charge in [-0.2, -0.15) is 0 Å². The molecule has 0 atom stereocenters. The van der Waals surface area contributed by atoms with E-state index in [0.717, 1.165) is 0 Å². The van der Waals surface area contributed by atoms with E-state index >= 15 is 0 Å². The third-order valence-electron chi connectivity index (χ3n) is 3.82. The van der Waals surface area contributed by atoms with Gasteiger partial charge in [0.15, 0.2) is 5.43 Å². The van der Waals surface area contributed by atoms with Gasteiger partial charge in [-0.3, -0.25) is 4.79 Å². The molecular formula is C20H18O6. The van der Waals surface area contributed by atoms with Gasteiger partial charge in [-0.1, -0.05) is 12.1 Å². The van der Waals surface area contributed by atoms with Crippen molar-refractivity contribution < 1.29 is 23.8 Å². The molecule has 0 radical (unpaired) electrons. The number of carboxylic acids is 1. The zero-order valence-corrected chi connectivity index (χ0v) is 14.2. The first-order chi connectivity index (χ1) is 12.6. The molecule has 1 heterocycles. The van der Waals surface area contributed by atoms with Gasteiger partial charge in [-0.25, -0.2) is 4.79 Å². The lowest BCUT2D eigenvalue weighted by Crippen LogP contribution is -2.07. The minimum Gasteiger partial charge on any atom is -0.490 e. The summed E-state index contributed by atoms with van der Waals surface area (Å²) in [5, 5.41) is 9.29. The second kappa shape index (κ2) is 7.84. The number of hydrogen-bond acceptors (Lipinski definition) is 5. The Bertz CT molecular complexity index is 989. The second-order valence-corrected chi connectivity index (χ2v) is 5.53. The van der Waals surface area contributed by atoms with Gasteiger partial charge < -0.3 is 19.0 Å². The molecule has 2 aromatic carbocycles. The number of carbonyl (C=O) groups is 1. The summed E-state index contributed by atoms with van der Waals surface area (Å²) >= 11 is 0. The molecule has 26 heavy (non-hydrogen) atoms. The van der Waals surface area contributed by atoms with Gasteiger partial charge in [-0.05, 0) is 37.3 Å². The molecule has 1 aromatic heterocycles. The summed E-state index contributed by atoms with van der Waals surface area (Å²) in [7, 11) is 0. The first-order valence-electron chi connectivity index (χ1n) is 8.21. The highest BCUT2D eigenvalue weighted by atomic mass is 16.5. The number of ether oxygens (including phenoxy) is 2. The molecule has 3 rings (SSSR count). The Morgan fingerprint density at radius 1 is 1.12 bits per heavy atom. The smallest absolute Gasteiger partial charge is 0.335 e. The van der Waals surface area contributed by atoms with Crippen molar-refractivity contribution in [3.05, 3.63) is 64.3 Å². The highest BCUT2D eigenvalue weighted by Gasteiger charge is 2.13. The number of hydrogen-bond donors (Lipinski definition) is 1. The number of aromatic carboxylic acids is 1. The molecule has 0 spiro atoms. The van der Waals surface area contributed by atoms with Crippen LogP contribution in [0.5, 0.6) is 5.75 Å². The molecule has 0 aliphatic carbocycles. The maximum Gasteiger partial charge on any atom is 0.335 e. The molecule has 0 saturated carbocycles. The third-order valence-corrected chi connectivity index (χ3v) is 3.82. The van der Waals surface area contributed by atoms with Gasteiger partial charge in [0.05, 0.1) is 23.1 Å². The lowest BCUT2D eigenvalue weighted by atomic mass is 10.1. The second-order valence-electron chi connectivity index (χ2n) is 5.53. The van der Waals surface area contributed by atoms with E-state index in [1.165, 1.54) is 24.3 Å². The molecule has 1 N–H and O–H groups in total. The first kappa shape index (κ1) is 17.7. The summed E-state index contributed by atoms with van der Waals surface area (Å²) in [5.74, 6) is -0.155. The van der Waals surface area contributed by atoms with E-state index in [-0.39, 0.29) is 16.4 Å². The number of carboxylic acid groups (broad SMARTS) is 1. The number of fused-ring (bicyclic) bond motifs is 1. The topological polar surface area (TPSA) is 86.0 Å². The van der Waals surface area contributed by atoms with E-state index in [1.807, 2.05) is 19.1 Å². The van der Waals surface area contributed by atoms with Crippen LogP contribution in [0.2, 0.25) is 0 Å². The van der Waals surface area contributed by atoms with Crippen LogP contribution in [0.15, 0.2) is 57.7 Å². The molecule has 3 aromatic rings. The van der Waals surface area contributed by atoms with Gasteiger partial charge in [0, 0.05) is 12.7 Å². The molecule has 134 valence electrons. The van der Waals surface area contributed by atoms with Crippen LogP contribution in [0, 0.1) is 0 Å². The Balaban J connectivity index is 2.00. The number of benzene rings is 2. The van der Waals surface area contributed by atoms with Crippen LogP contribution in [-0.4, -0.2) is 30.9 Å². The fourth-order valence-electron chi connectivity index (χ4n) is 2.57. The molecular weight excluding hydrogens is 336 g/mol. The van der Waals surface area contributed by atoms with Crippen molar-refractivity contribution in [1.82, 2.24) is 0 Å². The first-order valence-corrected chi connectivity index (χ1v) is 8.21. The highest BCUT2D eigenvalue weighted by molar-refractivity contribution is 5.93. The molecule has 0 amide bonds. The van der Waals surface area contributed by atoms with E-state index in [9.17, 15) is 9.59 Å². The van der Waals surface area contributed by atoms with Gasteiger partial charge in [0.25, 0.3) is 0 Å². The number of rotatable bonds is 7. The predicted molar refractivity (Wildman–Crippen MR) is 96.9 cm³/mol. The van der Waals surface area contributed by atoms with E-state index in [1.54, 1.807) is 12.1 Å². The Hall–Kier alpha value is -3.12. The van der Waals surface area contributed by atoms with Crippen molar-refractivity contribution in [2.45, 2.75) is 6.92 Å². The van der Waals surface area contributed by atoms with Crippen LogP contribution in [0.1, 0.15) is 17.3 Å². The largest absolute Gasteiger partial charge is 0.490 e. The molecule has 0 fully saturated rings. The van der Waals surface area contributed by atoms with E-state index in [4.69, 9.17) is 19.0 Å². The normalized spacial score (nSPS) is 10.8. The molecule has 6 nitrogen and oxygen atoms in total. The van der Waals surface area contributed by atoms with Crippen LogP contribution in [-0.2, 0) is 4.74 Å². The van der Waals surface area contributed by atoms with Gasteiger partial charge in [0.1, 0.15) is 23.7 Å². The monoisotopic (exact) mass is 354 g/mol. The standard InChI is InChI=1S/C20H18O6/c1-2-24-9-10-25-17-6-4-3-5-14(17)19-12-16(21)15-11-13(20(22)23)7-8-18(15)26-19/h3-8,11-12H,2,9-10H2,1H3,(H,22,23). The fourth-order valence-corrected chi connectivity index (χ4v) is 2.57. The Kier molecular flexibility index (Phi) is 5.34. The summed E-state index contributed by atoms with van der Waals surface area (Å²) in [4.78, 5) is 23.5. The molecule has 0 aliphatic heterocycles. The predicted octanol–water partition coefficient (Wildman–Crippen LogP) is 3.57. The van der Waals surface area contributed by atoms with Crippen molar-refractivity contribution in [1.29, 1.82) is 0 Å². The number of para-hydroxylation sites is 1. The van der Waals surface area contributed by atoms with Gasteiger partial charge in [-0.15, -0.1) is 0 Å². The van der Waals surface area contributed by atoms with Crippen molar-refractivity contribution in [3.8, 4) is 17.1 Å². The van der Waals surface area contributed by atoms with Crippen molar-refractivity contribution in [2.75, 3.05) is 19.8 Å². The third kappa shape index (κ3) is 3.75. The average molecular weight is 354 g/mol. The van der Waals surface area contributed by atoms with Crippen molar-refractivity contribution in [2.24, 2.45) is 0 Å². The summed E-state index contributed by atoms with van der Waals surface area (Å²) < 4.78 is 16.8. The average Bonchev–Trinajstić information content (AvgIpc) is 2.65. The Labute approximate surface area is 149 Å². The quantitative estimate of drug-likeness (QED) is 0.653. The molecule has 0 bridgehead atoms. The van der Waals surface area contributed by atoms with E-state index < -0.39 is 5.97 Å². The van der Waals surface area contributed by atoms with Crippen LogP contribution in [0.4, 0.5) is 0 Å². The van der Waals surface area contributed by atoms with E-state index in [0.29, 0.717) is 42.5 Å². The van der Waals surface area contributed by atoms with Crippen LogP contribution in [0.3, 0.4) is 0 Å². The molecule has 0 aliphatic rings. The fraction of sp³-hybridized carbons (Fsp3) is 0.200. The molecule has 6 heteroatoms. The Morgan fingerprint density at radius 3 is 2.69 bits per heavy atom. The zero-order chi connectivity index (χ0) is 18.5. The SMILES string of the molecule is CCOCCOc1ccccc1-c1cc(=O)c2cc(C(=O)O)ccc2o1. The minimum atomic E-state index is -1.09. The lowest BCUT2D eigenvalue weighted by Gasteiger charge is -2.11. The maximum atomic E-state index is 12.4. The van der Waals surface area contributed by atoms with E-state index in [2.05, 4.69) is 0 Å². The summed E-state index contributed by atoms with van der Waals surface area (Å²) in [6.07, 6.45) is 0. The van der Waals surface area contributed by atoms with Crippen LogP contribution >= 0.6 is 0 Å².